The van der Waals surface area contributed by atoms with Crippen molar-refractivity contribution in [2.45, 2.75) is 13.1 Å². The van der Waals surface area contributed by atoms with Crippen molar-refractivity contribution >= 4 is 11.4 Å². The number of rotatable bonds is 10. The minimum absolute atomic E-state index is 0.597. The number of imidazole rings is 2. The van der Waals surface area contributed by atoms with Gasteiger partial charge in [-0.2, -0.15) is 10.5 Å². The van der Waals surface area contributed by atoms with E-state index in [-0.39, 0.29) is 0 Å². The maximum atomic E-state index is 9.12. The lowest BCUT2D eigenvalue weighted by Gasteiger charge is -2.26. The molecule has 0 saturated carbocycles. The molecule has 0 N–H and O–H groups in total. The highest BCUT2D eigenvalue weighted by Gasteiger charge is 2.12. The summed E-state index contributed by atoms with van der Waals surface area (Å²) in [6, 6.07) is 35.2. The van der Waals surface area contributed by atoms with E-state index in [9.17, 15) is 0 Å². The van der Waals surface area contributed by atoms with Crippen LogP contribution in [0.2, 0.25) is 0 Å². The van der Waals surface area contributed by atoms with Crippen molar-refractivity contribution in [1.82, 2.24) is 19.3 Å². The number of benzene rings is 4. The van der Waals surface area contributed by atoms with Crippen LogP contribution < -0.4 is 14.8 Å². The number of hydrogen-bond donors (Lipinski definition) is 0. The number of hydrogen-bond acceptors (Lipinski definition) is 7. The summed E-state index contributed by atoms with van der Waals surface area (Å²) in [5.41, 5.74) is 5.32. The fourth-order valence-electron chi connectivity index (χ4n) is 4.63. The van der Waals surface area contributed by atoms with Crippen LogP contribution in [0.4, 0.5) is 11.4 Å². The Bertz CT molecular complexity index is 1690. The number of anilines is 2. The number of aromatic nitrogens is 4. The molecular weight excluding hydrogens is 536 g/mol. The third-order valence-electron chi connectivity index (χ3n) is 6.87. The van der Waals surface area contributed by atoms with Gasteiger partial charge < -0.3 is 4.74 Å². The van der Waals surface area contributed by atoms with E-state index < -0.39 is 0 Å². The Labute approximate surface area is 249 Å². The molecule has 0 bridgehead atoms. The molecule has 0 spiro atoms. The average Bonchev–Trinajstić information content (AvgIpc) is 3.80. The van der Waals surface area contributed by atoms with Crippen LogP contribution in [0.3, 0.4) is 0 Å². The maximum absolute atomic E-state index is 9.12. The predicted molar refractivity (Wildman–Crippen MR) is 163 cm³/mol. The summed E-state index contributed by atoms with van der Waals surface area (Å²) < 4.78 is 10.0. The Kier molecular flexibility index (Phi) is 7.79. The van der Waals surface area contributed by atoms with Gasteiger partial charge in [-0.25, -0.2) is 19.3 Å². The summed E-state index contributed by atoms with van der Waals surface area (Å²) in [5, 5.41) is 22.4. The highest BCUT2D eigenvalue weighted by molar-refractivity contribution is 5.52. The molecule has 2 aromatic heterocycles. The van der Waals surface area contributed by atoms with Gasteiger partial charge in [0, 0.05) is 24.8 Å². The zero-order valence-electron chi connectivity index (χ0n) is 23.1. The number of nitrogens with zero attached hydrogens (tertiary/aromatic N) is 8. The zero-order chi connectivity index (χ0) is 29.4. The lowest BCUT2D eigenvalue weighted by atomic mass is 10.1. The lowest BCUT2D eigenvalue weighted by molar-refractivity contribution is 0.482. The summed E-state index contributed by atoms with van der Waals surface area (Å²) in [6.45, 7) is 1.19. The Hall–Kier alpha value is -6.32. The summed E-state index contributed by atoms with van der Waals surface area (Å²) in [6.07, 6.45) is 10.8. The van der Waals surface area contributed by atoms with Gasteiger partial charge in [-0.3, -0.25) is 10.0 Å². The quantitative estimate of drug-likeness (QED) is 0.187. The van der Waals surface area contributed by atoms with Gasteiger partial charge in [0.05, 0.1) is 47.7 Å². The molecule has 0 amide bonds. The molecule has 6 aromatic rings. The van der Waals surface area contributed by atoms with E-state index in [2.05, 4.69) is 32.1 Å². The first-order chi connectivity index (χ1) is 21.2. The van der Waals surface area contributed by atoms with Crippen LogP contribution in [0, 0.1) is 22.7 Å². The Balaban J connectivity index is 1.17. The van der Waals surface area contributed by atoms with Crippen LogP contribution >= 0.6 is 0 Å². The third kappa shape index (κ3) is 6.37. The Morgan fingerprint density at radius 3 is 1.28 bits per heavy atom. The van der Waals surface area contributed by atoms with Gasteiger partial charge in [-0.05, 0) is 83.9 Å². The average molecular weight is 563 g/mol. The van der Waals surface area contributed by atoms with Crippen LogP contribution in [0.25, 0.3) is 0 Å². The van der Waals surface area contributed by atoms with Gasteiger partial charge in [0.25, 0.3) is 0 Å². The predicted octanol–water partition coefficient (Wildman–Crippen LogP) is 6.56. The highest BCUT2D eigenvalue weighted by Crippen LogP contribution is 2.28. The normalized spacial score (nSPS) is 10.5. The largest absolute Gasteiger partial charge is 0.457 e. The molecular formula is C34H26N8O. The molecule has 4 aromatic carbocycles. The van der Waals surface area contributed by atoms with E-state index in [1.807, 2.05) is 119 Å². The van der Waals surface area contributed by atoms with Crippen molar-refractivity contribution in [1.29, 1.82) is 10.5 Å². The van der Waals surface area contributed by atoms with Gasteiger partial charge in [-0.1, -0.05) is 24.3 Å². The van der Waals surface area contributed by atoms with E-state index in [0.717, 1.165) is 22.5 Å². The lowest BCUT2D eigenvalue weighted by Crippen LogP contribution is -2.27. The van der Waals surface area contributed by atoms with Crippen molar-refractivity contribution in [2.75, 3.05) is 10.0 Å². The SMILES string of the molecule is N#Cc1ccc(CN(c2ccc(Oc3ccc(N(Cc4ccc(C#N)cc4)n4ccnc4)cc3)cc2)n2ccnc2)cc1. The fourth-order valence-corrected chi connectivity index (χ4v) is 4.63. The molecule has 43 heavy (non-hydrogen) atoms. The standard InChI is InChI=1S/C34H26N8O/c35-21-27-1-5-29(6-2-27)23-41(39-19-17-37-25-39)31-9-13-33(14-10-31)43-34-15-11-32(12-16-34)42(40-20-18-38-26-40)24-30-7-3-28(22-36)4-8-30/h1-20,25-26H,23-24H2. The van der Waals surface area contributed by atoms with Gasteiger partial charge in [0.15, 0.2) is 0 Å². The van der Waals surface area contributed by atoms with E-state index in [4.69, 9.17) is 15.3 Å². The van der Waals surface area contributed by atoms with E-state index in [1.165, 1.54) is 0 Å². The third-order valence-corrected chi connectivity index (χ3v) is 6.87. The van der Waals surface area contributed by atoms with Crippen LogP contribution in [0.1, 0.15) is 22.3 Å². The molecule has 208 valence electrons. The molecule has 9 nitrogen and oxygen atoms in total. The molecule has 0 aliphatic heterocycles. The first kappa shape index (κ1) is 26.9. The van der Waals surface area contributed by atoms with Crippen molar-refractivity contribution in [3.8, 4) is 23.6 Å². The molecule has 9 heteroatoms. The Morgan fingerprint density at radius 2 is 0.953 bits per heavy atom. The Morgan fingerprint density at radius 1 is 0.558 bits per heavy atom. The molecule has 0 fully saturated rings. The van der Waals surface area contributed by atoms with Crippen molar-refractivity contribution in [2.24, 2.45) is 0 Å². The first-order valence-corrected chi connectivity index (χ1v) is 13.6. The second-order valence-electron chi connectivity index (χ2n) is 9.71. The second-order valence-corrected chi connectivity index (χ2v) is 9.71. The minimum Gasteiger partial charge on any atom is -0.457 e. The molecule has 0 radical (unpaired) electrons. The molecule has 2 heterocycles. The van der Waals surface area contributed by atoms with Crippen LogP contribution in [0.15, 0.2) is 135 Å². The second kappa shape index (κ2) is 12.5. The zero-order valence-corrected chi connectivity index (χ0v) is 23.1. The smallest absolute Gasteiger partial charge is 0.127 e. The van der Waals surface area contributed by atoms with Gasteiger partial charge in [0.2, 0.25) is 0 Å². The van der Waals surface area contributed by atoms with E-state index in [0.29, 0.717) is 35.7 Å². The molecule has 0 aliphatic rings. The van der Waals surface area contributed by atoms with E-state index >= 15 is 0 Å². The minimum atomic E-state index is 0.597. The van der Waals surface area contributed by atoms with Gasteiger partial charge in [-0.15, -0.1) is 0 Å². The van der Waals surface area contributed by atoms with Gasteiger partial charge in [0.1, 0.15) is 24.2 Å². The first-order valence-electron chi connectivity index (χ1n) is 13.6. The van der Waals surface area contributed by atoms with E-state index in [1.54, 1.807) is 25.0 Å². The van der Waals surface area contributed by atoms with Crippen molar-refractivity contribution in [3.05, 3.63) is 157 Å². The topological polar surface area (TPSA) is 98.9 Å². The summed E-state index contributed by atoms with van der Waals surface area (Å²) in [5.74, 6) is 1.43. The summed E-state index contributed by atoms with van der Waals surface area (Å²) in [7, 11) is 0. The summed E-state index contributed by atoms with van der Waals surface area (Å²) in [4.78, 5) is 8.42. The van der Waals surface area contributed by atoms with Crippen molar-refractivity contribution in [3.63, 3.8) is 0 Å². The van der Waals surface area contributed by atoms with Crippen molar-refractivity contribution < 1.29 is 4.74 Å². The number of ether oxygens (including phenoxy) is 1. The number of nitriles is 2. The van der Waals surface area contributed by atoms with Crippen LogP contribution in [0.5, 0.6) is 11.5 Å². The molecule has 0 atom stereocenters. The fraction of sp³-hybridized carbons (Fsp3) is 0.0588. The van der Waals surface area contributed by atoms with Crippen LogP contribution in [-0.2, 0) is 13.1 Å². The summed E-state index contributed by atoms with van der Waals surface area (Å²) >= 11 is 0. The maximum Gasteiger partial charge on any atom is 0.127 e. The van der Waals surface area contributed by atoms with Gasteiger partial charge >= 0.3 is 0 Å². The molecule has 0 aliphatic carbocycles. The molecule has 0 saturated heterocycles. The monoisotopic (exact) mass is 562 g/mol. The molecule has 6 rings (SSSR count). The highest BCUT2D eigenvalue weighted by atomic mass is 16.5. The van der Waals surface area contributed by atoms with Crippen LogP contribution in [-0.4, -0.2) is 19.3 Å². The molecule has 0 unspecified atom stereocenters.